The van der Waals surface area contributed by atoms with E-state index in [1.165, 1.54) is 23.5 Å². The summed E-state index contributed by atoms with van der Waals surface area (Å²) in [6.45, 7) is 1.81. The largest absolute Gasteiger partial charge is 0.481 e. The van der Waals surface area contributed by atoms with E-state index in [0.29, 0.717) is 20.8 Å². The molecule has 0 aliphatic carbocycles. The Morgan fingerprint density at radius 1 is 1.37 bits per heavy atom. The molecule has 1 atom stereocenters. The summed E-state index contributed by atoms with van der Waals surface area (Å²) in [4.78, 5) is 27.5. The lowest BCUT2D eigenvalue weighted by Gasteiger charge is -2.10. The van der Waals surface area contributed by atoms with Crippen molar-refractivity contribution < 1.29 is 14.5 Å². The number of nitro benzene ring substituents is 1. The van der Waals surface area contributed by atoms with E-state index in [4.69, 9.17) is 11.2 Å². The number of rotatable bonds is 5. The van der Waals surface area contributed by atoms with E-state index in [2.05, 4.69) is 10.9 Å². The van der Waals surface area contributed by atoms with Crippen molar-refractivity contribution in [3.63, 3.8) is 0 Å². The highest BCUT2D eigenvalue weighted by molar-refractivity contribution is 7.16. The number of benzene rings is 2. The van der Waals surface area contributed by atoms with Crippen molar-refractivity contribution in [1.29, 1.82) is 0 Å². The molecule has 0 spiro atoms. The SMILES string of the molecule is C#CCn1c(=NC(=O)C(C)Oc2ccccc2)sc2cc([N+](=O)[O-])ccc21. The van der Waals surface area contributed by atoms with Crippen molar-refractivity contribution in [1.82, 2.24) is 4.57 Å². The minimum absolute atomic E-state index is 0.0322. The quantitative estimate of drug-likeness (QED) is 0.386. The molecule has 0 aliphatic rings. The normalized spacial score (nSPS) is 12.5. The summed E-state index contributed by atoms with van der Waals surface area (Å²) in [5.41, 5.74) is 0.655. The molecule has 8 heteroatoms. The maximum Gasteiger partial charge on any atom is 0.289 e. The number of terminal acetylenes is 1. The van der Waals surface area contributed by atoms with Gasteiger partial charge in [-0.15, -0.1) is 6.42 Å². The second-order valence-corrected chi connectivity index (χ2v) is 6.62. The third-order valence-corrected chi connectivity index (χ3v) is 4.78. The molecule has 0 aliphatic heterocycles. The summed E-state index contributed by atoms with van der Waals surface area (Å²) in [5.74, 6) is 2.62. The zero-order chi connectivity index (χ0) is 19.4. The third kappa shape index (κ3) is 4.04. The standard InChI is InChI=1S/C19H15N3O4S/c1-3-11-21-16-10-9-14(22(24)25)12-17(16)27-19(21)20-18(23)13(2)26-15-7-5-4-6-8-15/h1,4-10,12-13H,11H2,2H3. The van der Waals surface area contributed by atoms with Gasteiger partial charge < -0.3 is 9.30 Å². The number of aromatic nitrogens is 1. The van der Waals surface area contributed by atoms with Crippen LogP contribution in [0.1, 0.15) is 6.92 Å². The summed E-state index contributed by atoms with van der Waals surface area (Å²) in [7, 11) is 0. The number of hydrogen-bond donors (Lipinski definition) is 0. The lowest BCUT2D eigenvalue weighted by Crippen LogP contribution is -2.26. The van der Waals surface area contributed by atoms with Gasteiger partial charge in [0, 0.05) is 12.1 Å². The Bertz CT molecular complexity index is 1110. The van der Waals surface area contributed by atoms with Crippen LogP contribution in [0.5, 0.6) is 5.75 Å². The fourth-order valence-corrected chi connectivity index (χ4v) is 3.51. The molecule has 0 saturated carbocycles. The molecule has 7 nitrogen and oxygen atoms in total. The Morgan fingerprint density at radius 3 is 2.78 bits per heavy atom. The predicted octanol–water partition coefficient (Wildman–Crippen LogP) is 3.14. The van der Waals surface area contributed by atoms with Crippen molar-refractivity contribution >= 4 is 33.1 Å². The summed E-state index contributed by atoms with van der Waals surface area (Å²) in [6.07, 6.45) is 4.64. The Kier molecular flexibility index (Phi) is 5.33. The minimum Gasteiger partial charge on any atom is -0.481 e. The molecule has 0 bridgehead atoms. The number of non-ortho nitro benzene ring substituents is 1. The molecule has 136 valence electrons. The van der Waals surface area contributed by atoms with Gasteiger partial charge in [0.25, 0.3) is 11.6 Å². The Hall–Kier alpha value is -3.44. The molecule has 0 radical (unpaired) electrons. The maximum absolute atomic E-state index is 12.5. The van der Waals surface area contributed by atoms with E-state index in [1.807, 2.05) is 18.2 Å². The van der Waals surface area contributed by atoms with Gasteiger partial charge in [0.2, 0.25) is 0 Å². The van der Waals surface area contributed by atoms with Gasteiger partial charge >= 0.3 is 0 Å². The molecule has 1 aromatic heterocycles. The van der Waals surface area contributed by atoms with Gasteiger partial charge in [0.1, 0.15) is 5.75 Å². The van der Waals surface area contributed by atoms with Crippen LogP contribution in [0.25, 0.3) is 10.2 Å². The van der Waals surface area contributed by atoms with Gasteiger partial charge in [-0.2, -0.15) is 4.99 Å². The Morgan fingerprint density at radius 2 is 2.11 bits per heavy atom. The predicted molar refractivity (Wildman–Crippen MR) is 102 cm³/mol. The molecule has 0 N–H and O–H groups in total. The lowest BCUT2D eigenvalue weighted by molar-refractivity contribution is -0.384. The number of ether oxygens (including phenoxy) is 1. The lowest BCUT2D eigenvalue weighted by atomic mass is 10.3. The first-order valence-corrected chi connectivity index (χ1v) is 8.83. The summed E-state index contributed by atoms with van der Waals surface area (Å²) in [6, 6.07) is 13.4. The molecule has 2 aromatic carbocycles. The molecule has 0 fully saturated rings. The van der Waals surface area contributed by atoms with E-state index >= 15 is 0 Å². The number of nitrogens with zero attached hydrogens (tertiary/aromatic N) is 3. The second kappa shape index (κ2) is 7.85. The topological polar surface area (TPSA) is 86.7 Å². The highest BCUT2D eigenvalue weighted by Gasteiger charge is 2.16. The number of para-hydroxylation sites is 1. The second-order valence-electron chi connectivity index (χ2n) is 5.61. The Balaban J connectivity index is 1.98. The van der Waals surface area contributed by atoms with Crippen LogP contribution in [0.2, 0.25) is 0 Å². The number of hydrogen-bond acceptors (Lipinski definition) is 5. The zero-order valence-electron chi connectivity index (χ0n) is 14.4. The number of carbonyl (C=O) groups is 1. The molecule has 1 heterocycles. The van der Waals surface area contributed by atoms with Crippen LogP contribution in [0.4, 0.5) is 5.69 Å². The third-order valence-electron chi connectivity index (χ3n) is 3.74. The highest BCUT2D eigenvalue weighted by Crippen LogP contribution is 2.23. The number of fused-ring (bicyclic) bond motifs is 1. The van der Waals surface area contributed by atoms with E-state index in [1.54, 1.807) is 29.7 Å². The monoisotopic (exact) mass is 381 g/mol. The van der Waals surface area contributed by atoms with Crippen LogP contribution in [0.3, 0.4) is 0 Å². The van der Waals surface area contributed by atoms with Crippen LogP contribution < -0.4 is 9.54 Å². The Labute approximate surface area is 158 Å². The van der Waals surface area contributed by atoms with Gasteiger partial charge in [0.15, 0.2) is 10.9 Å². The van der Waals surface area contributed by atoms with Gasteiger partial charge in [-0.1, -0.05) is 35.5 Å². The molecule has 3 rings (SSSR count). The average Bonchev–Trinajstić information content (AvgIpc) is 2.99. The number of amides is 1. The van der Waals surface area contributed by atoms with E-state index in [0.717, 1.165) is 0 Å². The molecular weight excluding hydrogens is 366 g/mol. The molecule has 3 aromatic rings. The summed E-state index contributed by atoms with van der Waals surface area (Å²) >= 11 is 1.17. The van der Waals surface area contributed by atoms with Gasteiger partial charge in [-0.25, -0.2) is 0 Å². The van der Waals surface area contributed by atoms with Crippen LogP contribution in [-0.4, -0.2) is 21.5 Å². The van der Waals surface area contributed by atoms with Crippen LogP contribution >= 0.6 is 11.3 Å². The van der Waals surface area contributed by atoms with Crippen molar-refractivity contribution in [2.24, 2.45) is 4.99 Å². The number of carbonyl (C=O) groups excluding carboxylic acids is 1. The van der Waals surface area contributed by atoms with Crippen molar-refractivity contribution in [3.8, 4) is 18.1 Å². The highest BCUT2D eigenvalue weighted by atomic mass is 32.1. The summed E-state index contributed by atoms with van der Waals surface area (Å²) in [5, 5.41) is 11.0. The van der Waals surface area contributed by atoms with Gasteiger partial charge in [-0.05, 0) is 25.1 Å². The first-order valence-electron chi connectivity index (χ1n) is 8.01. The first-order chi connectivity index (χ1) is 13.0. The minimum atomic E-state index is -0.786. The van der Waals surface area contributed by atoms with E-state index in [-0.39, 0.29) is 12.2 Å². The molecule has 0 saturated heterocycles. The molecule has 1 unspecified atom stereocenters. The van der Waals surface area contributed by atoms with Crippen LogP contribution in [-0.2, 0) is 11.3 Å². The molecule has 1 amide bonds. The van der Waals surface area contributed by atoms with Crippen LogP contribution in [0, 0.1) is 22.5 Å². The first kappa shape index (κ1) is 18.4. The molecule has 27 heavy (non-hydrogen) atoms. The van der Waals surface area contributed by atoms with Crippen molar-refractivity contribution in [2.45, 2.75) is 19.6 Å². The smallest absolute Gasteiger partial charge is 0.289 e. The number of thiazole rings is 1. The van der Waals surface area contributed by atoms with Crippen molar-refractivity contribution in [2.75, 3.05) is 0 Å². The van der Waals surface area contributed by atoms with E-state index < -0.39 is 16.9 Å². The maximum atomic E-state index is 12.5. The molecular formula is C19H15N3O4S. The average molecular weight is 381 g/mol. The van der Waals surface area contributed by atoms with Crippen LogP contribution in [0.15, 0.2) is 53.5 Å². The van der Waals surface area contributed by atoms with E-state index in [9.17, 15) is 14.9 Å². The fourth-order valence-electron chi connectivity index (χ4n) is 2.44. The van der Waals surface area contributed by atoms with Gasteiger partial charge in [-0.3, -0.25) is 14.9 Å². The fraction of sp³-hybridized carbons (Fsp3) is 0.158. The zero-order valence-corrected chi connectivity index (χ0v) is 15.2. The number of nitro groups is 1. The van der Waals surface area contributed by atoms with Crippen molar-refractivity contribution in [3.05, 3.63) is 63.4 Å². The summed E-state index contributed by atoms with van der Waals surface area (Å²) < 4.78 is 7.90. The van der Waals surface area contributed by atoms with Gasteiger partial charge in [0.05, 0.1) is 21.7 Å².